The lowest BCUT2D eigenvalue weighted by molar-refractivity contribution is 0.0938. The summed E-state index contributed by atoms with van der Waals surface area (Å²) >= 11 is 0. The van der Waals surface area contributed by atoms with E-state index in [2.05, 4.69) is 27.7 Å². The molecule has 1 saturated heterocycles. The monoisotopic (exact) mass is 534 g/mol. The normalized spacial score (nSPS) is 15.9. The number of ether oxygens (including phenoxy) is 3. The number of piperidine rings is 1. The Balaban J connectivity index is 1.17. The highest BCUT2D eigenvalue weighted by atomic mass is 16.6. The largest absolute Gasteiger partial charge is 0.486 e. The molecule has 3 heterocycles. The molecule has 2 aliphatic heterocycles. The molecule has 0 bridgehead atoms. The summed E-state index contributed by atoms with van der Waals surface area (Å²) in [5.74, 6) is 1.39. The molecule has 3 aromatic rings. The molecule has 2 N–H and O–H groups in total. The average molecular weight is 535 g/mol. The number of likely N-dealkylation sites (tertiary alicyclic amines) is 1. The van der Waals surface area contributed by atoms with E-state index in [4.69, 9.17) is 14.2 Å². The molecule has 39 heavy (non-hydrogen) atoms. The minimum absolute atomic E-state index is 0.152. The van der Waals surface area contributed by atoms with Gasteiger partial charge < -0.3 is 34.3 Å². The molecule has 5 rings (SSSR count). The molecule has 1 aromatic heterocycles. The molecular weight excluding hydrogens is 496 g/mol. The van der Waals surface area contributed by atoms with E-state index in [0.29, 0.717) is 44.5 Å². The first-order chi connectivity index (χ1) is 19.0. The summed E-state index contributed by atoms with van der Waals surface area (Å²) in [4.78, 5) is 28.3. The molecule has 0 unspecified atom stereocenters. The van der Waals surface area contributed by atoms with Crippen LogP contribution in [0.4, 0.5) is 0 Å². The summed E-state index contributed by atoms with van der Waals surface area (Å²) in [5.41, 5.74) is 3.31. The first-order valence-corrected chi connectivity index (χ1v) is 13.8. The van der Waals surface area contributed by atoms with Crippen LogP contribution in [0.3, 0.4) is 0 Å². The van der Waals surface area contributed by atoms with Crippen molar-refractivity contribution in [2.75, 3.05) is 53.1 Å². The second-order valence-electron chi connectivity index (χ2n) is 10.3. The number of hydrogen-bond donors (Lipinski definition) is 2. The van der Waals surface area contributed by atoms with Crippen molar-refractivity contribution in [1.82, 2.24) is 20.1 Å². The van der Waals surface area contributed by atoms with Gasteiger partial charge in [0.25, 0.3) is 11.5 Å². The molecule has 1 amide bonds. The zero-order valence-corrected chi connectivity index (χ0v) is 22.8. The number of amides is 1. The van der Waals surface area contributed by atoms with Crippen molar-refractivity contribution < 1.29 is 19.0 Å². The summed E-state index contributed by atoms with van der Waals surface area (Å²) in [7, 11) is 1.59. The Labute approximate surface area is 229 Å². The molecule has 0 saturated carbocycles. The summed E-state index contributed by atoms with van der Waals surface area (Å²) in [6.07, 6.45) is 2.11. The Hall–Kier alpha value is -3.40. The third-order valence-corrected chi connectivity index (χ3v) is 7.53. The van der Waals surface area contributed by atoms with E-state index in [-0.39, 0.29) is 11.5 Å². The fourth-order valence-electron chi connectivity index (χ4n) is 5.33. The molecule has 2 aromatic carbocycles. The van der Waals surface area contributed by atoms with Crippen molar-refractivity contribution in [3.05, 3.63) is 69.5 Å². The zero-order valence-electron chi connectivity index (χ0n) is 22.8. The Morgan fingerprint density at radius 3 is 2.62 bits per heavy atom. The van der Waals surface area contributed by atoms with Gasteiger partial charge >= 0.3 is 0 Å². The molecule has 0 spiro atoms. The maximum absolute atomic E-state index is 13.1. The molecule has 2 aliphatic rings. The van der Waals surface area contributed by atoms with Gasteiger partial charge in [0.05, 0.1) is 17.7 Å². The lowest BCUT2D eigenvalue weighted by Gasteiger charge is -2.32. The predicted molar refractivity (Wildman–Crippen MR) is 151 cm³/mol. The fraction of sp³-hybridized carbons (Fsp3) is 0.467. The third-order valence-electron chi connectivity index (χ3n) is 7.53. The first kappa shape index (κ1) is 27.2. The van der Waals surface area contributed by atoms with Crippen molar-refractivity contribution in [2.45, 2.75) is 38.9 Å². The molecular formula is C30H38N4O5. The van der Waals surface area contributed by atoms with Crippen LogP contribution >= 0.6 is 0 Å². The Morgan fingerprint density at radius 2 is 1.82 bits per heavy atom. The number of rotatable bonds is 10. The number of aryl methyl sites for hydroxylation is 1. The number of nitrogens with zero attached hydrogens (tertiary/aromatic N) is 2. The van der Waals surface area contributed by atoms with Gasteiger partial charge in [-0.25, -0.2) is 0 Å². The number of aromatic nitrogens is 1. The van der Waals surface area contributed by atoms with E-state index in [1.165, 1.54) is 11.6 Å². The quantitative estimate of drug-likeness (QED) is 0.387. The van der Waals surface area contributed by atoms with Crippen LogP contribution in [0.1, 0.15) is 34.3 Å². The van der Waals surface area contributed by atoms with Crippen molar-refractivity contribution in [2.24, 2.45) is 0 Å². The second kappa shape index (κ2) is 12.6. The smallest absolute Gasteiger partial charge is 0.252 e. The second-order valence-corrected chi connectivity index (χ2v) is 10.3. The van der Waals surface area contributed by atoms with E-state index >= 15 is 0 Å². The van der Waals surface area contributed by atoms with E-state index < -0.39 is 0 Å². The highest BCUT2D eigenvalue weighted by molar-refractivity contribution is 6.06. The van der Waals surface area contributed by atoms with Crippen LogP contribution in [0, 0.1) is 6.92 Å². The van der Waals surface area contributed by atoms with Gasteiger partial charge in [-0.05, 0) is 62.2 Å². The number of methoxy groups -OCH3 is 1. The number of carbonyl (C=O) groups excluding carboxylic acids is 1. The van der Waals surface area contributed by atoms with E-state index in [9.17, 15) is 9.59 Å². The van der Waals surface area contributed by atoms with Crippen molar-refractivity contribution in [3.63, 3.8) is 0 Å². The lowest BCUT2D eigenvalue weighted by Crippen LogP contribution is -2.43. The molecule has 0 radical (unpaired) electrons. The van der Waals surface area contributed by atoms with E-state index in [1.807, 2.05) is 31.2 Å². The molecule has 1 fully saturated rings. The molecule has 9 nitrogen and oxygen atoms in total. The maximum atomic E-state index is 13.1. The standard InChI is InChI=1S/C30H38N4O5/c1-21-3-5-24-25(30(36)31-9-14-37-2)19-29(35)34(26(24)17-21)13-12-33-10-7-23(8-11-33)32-20-22-4-6-27-28(18-22)39-16-15-38-27/h3-6,17-19,23,32H,7-16,20H2,1-2H3,(H,31,36). The number of benzene rings is 2. The number of fused-ring (bicyclic) bond motifs is 2. The predicted octanol–water partition coefficient (Wildman–Crippen LogP) is 2.71. The van der Waals surface area contributed by atoms with Crippen LogP contribution in [-0.2, 0) is 17.8 Å². The van der Waals surface area contributed by atoms with E-state index in [0.717, 1.165) is 67.0 Å². The number of carbonyl (C=O) groups is 1. The first-order valence-electron chi connectivity index (χ1n) is 13.8. The Bertz CT molecular complexity index is 1360. The number of pyridine rings is 1. The van der Waals surface area contributed by atoms with Crippen LogP contribution in [-0.4, -0.2) is 74.5 Å². The van der Waals surface area contributed by atoms with Gasteiger partial charge in [0, 0.05) is 50.8 Å². The Morgan fingerprint density at radius 1 is 1.03 bits per heavy atom. The van der Waals surface area contributed by atoms with Crippen molar-refractivity contribution in [3.8, 4) is 11.5 Å². The van der Waals surface area contributed by atoms with Crippen molar-refractivity contribution in [1.29, 1.82) is 0 Å². The highest BCUT2D eigenvalue weighted by Gasteiger charge is 2.20. The van der Waals surface area contributed by atoms with Gasteiger partial charge in [0.15, 0.2) is 11.5 Å². The van der Waals surface area contributed by atoms with Gasteiger partial charge in [-0.15, -0.1) is 0 Å². The summed E-state index contributed by atoms with van der Waals surface area (Å²) < 4.78 is 18.2. The maximum Gasteiger partial charge on any atom is 0.252 e. The minimum Gasteiger partial charge on any atom is -0.486 e. The van der Waals surface area contributed by atoms with Crippen molar-refractivity contribution >= 4 is 16.8 Å². The minimum atomic E-state index is -0.254. The average Bonchev–Trinajstić information content (AvgIpc) is 2.95. The third kappa shape index (κ3) is 6.61. The molecule has 0 atom stereocenters. The zero-order chi connectivity index (χ0) is 27.2. The van der Waals surface area contributed by atoms with Gasteiger partial charge in [-0.1, -0.05) is 18.2 Å². The summed E-state index contributed by atoms with van der Waals surface area (Å²) in [5, 5.41) is 7.32. The molecule has 0 aliphatic carbocycles. The fourth-order valence-corrected chi connectivity index (χ4v) is 5.33. The molecule has 208 valence electrons. The van der Waals surface area contributed by atoms with Crippen LogP contribution < -0.4 is 25.7 Å². The highest BCUT2D eigenvalue weighted by Crippen LogP contribution is 2.30. The van der Waals surface area contributed by atoms with Gasteiger partial charge in [0.1, 0.15) is 13.2 Å². The van der Waals surface area contributed by atoms with Gasteiger partial charge in [-0.3, -0.25) is 9.59 Å². The SMILES string of the molecule is COCCNC(=O)c1cc(=O)n(CCN2CCC(NCc3ccc4c(c3)OCCO4)CC2)c2cc(C)ccc12. The lowest BCUT2D eigenvalue weighted by atomic mass is 10.0. The number of hydrogen-bond acceptors (Lipinski definition) is 7. The van der Waals surface area contributed by atoms with Crippen LogP contribution in [0.5, 0.6) is 11.5 Å². The molecule has 9 heteroatoms. The van der Waals surface area contributed by atoms with Gasteiger partial charge in [-0.2, -0.15) is 0 Å². The topological polar surface area (TPSA) is 94.1 Å². The van der Waals surface area contributed by atoms with E-state index in [1.54, 1.807) is 11.7 Å². The van der Waals surface area contributed by atoms with Crippen LogP contribution in [0.25, 0.3) is 10.9 Å². The summed E-state index contributed by atoms with van der Waals surface area (Å²) in [6, 6.07) is 14.0. The summed E-state index contributed by atoms with van der Waals surface area (Å²) in [6.45, 7) is 8.14. The van der Waals surface area contributed by atoms with Gasteiger partial charge in [0.2, 0.25) is 0 Å². The number of nitrogens with one attached hydrogen (secondary N) is 2. The Kier molecular flexibility index (Phi) is 8.81. The van der Waals surface area contributed by atoms with Crippen LogP contribution in [0.15, 0.2) is 47.3 Å². The van der Waals surface area contributed by atoms with Crippen LogP contribution in [0.2, 0.25) is 0 Å².